The molecule has 0 atom stereocenters. The molecule has 1 N–H and O–H groups in total. The number of aryl methyl sites for hydroxylation is 1. The maximum atomic E-state index is 12.2. The van der Waals surface area contributed by atoms with Crippen LogP contribution in [-0.4, -0.2) is 20.8 Å². The number of amides is 1. The molecule has 0 saturated heterocycles. The quantitative estimate of drug-likeness (QED) is 0.900. The maximum absolute atomic E-state index is 12.2. The minimum absolute atomic E-state index is 0.137. The summed E-state index contributed by atoms with van der Waals surface area (Å²) in [5, 5.41) is 10.9. The Labute approximate surface area is 110 Å². The number of aromatic nitrogens is 3. The highest BCUT2D eigenvalue weighted by molar-refractivity contribution is 5.94. The Kier molecular flexibility index (Phi) is 3.06. The van der Waals surface area contributed by atoms with Crippen LogP contribution in [0.3, 0.4) is 0 Å². The molecule has 100 valence electrons. The molecule has 2 heterocycles. The fourth-order valence-corrected chi connectivity index (χ4v) is 2.54. The van der Waals surface area contributed by atoms with Gasteiger partial charge in [0.25, 0.3) is 5.91 Å². The molecule has 0 unspecified atom stereocenters. The fraction of sp³-hybridized carbons (Fsp3) is 0.462. The van der Waals surface area contributed by atoms with Crippen LogP contribution >= 0.6 is 0 Å². The molecule has 0 saturated carbocycles. The van der Waals surface area contributed by atoms with Gasteiger partial charge in [0.1, 0.15) is 12.0 Å². The first-order chi connectivity index (χ1) is 9.25. The van der Waals surface area contributed by atoms with Crippen molar-refractivity contribution in [3.8, 4) is 0 Å². The van der Waals surface area contributed by atoms with E-state index >= 15 is 0 Å². The number of hydrogen-bond acceptors (Lipinski definition) is 4. The largest absolute Gasteiger partial charge is 0.364 e. The molecule has 6 heteroatoms. The van der Waals surface area contributed by atoms with Gasteiger partial charge in [-0.2, -0.15) is 5.10 Å². The molecule has 19 heavy (non-hydrogen) atoms. The lowest BCUT2D eigenvalue weighted by Crippen LogP contribution is -2.24. The highest BCUT2D eigenvalue weighted by Gasteiger charge is 2.23. The number of nitrogens with zero attached hydrogens (tertiary/aromatic N) is 3. The minimum Gasteiger partial charge on any atom is -0.364 e. The molecule has 6 nitrogen and oxygen atoms in total. The first-order valence-electron chi connectivity index (χ1n) is 6.48. The first-order valence-corrected chi connectivity index (χ1v) is 6.48. The summed E-state index contributed by atoms with van der Waals surface area (Å²) in [6, 6.07) is 1.73. The zero-order chi connectivity index (χ0) is 13.2. The number of hydrogen-bond donors (Lipinski definition) is 1. The van der Waals surface area contributed by atoms with Gasteiger partial charge in [-0.1, -0.05) is 5.16 Å². The average molecular weight is 260 g/mol. The third kappa shape index (κ3) is 2.25. The minimum atomic E-state index is -0.137. The molecule has 0 spiro atoms. The molecule has 1 aliphatic carbocycles. The van der Waals surface area contributed by atoms with Crippen LogP contribution in [0.1, 0.15) is 40.3 Å². The van der Waals surface area contributed by atoms with Gasteiger partial charge in [0.2, 0.25) is 0 Å². The monoisotopic (exact) mass is 260 g/mol. The van der Waals surface area contributed by atoms with Gasteiger partial charge in [0, 0.05) is 24.4 Å². The van der Waals surface area contributed by atoms with E-state index in [-0.39, 0.29) is 5.91 Å². The Morgan fingerprint density at radius 1 is 1.47 bits per heavy atom. The first kappa shape index (κ1) is 12.0. The van der Waals surface area contributed by atoms with Crippen LogP contribution in [0.2, 0.25) is 0 Å². The van der Waals surface area contributed by atoms with Gasteiger partial charge in [-0.3, -0.25) is 9.48 Å². The van der Waals surface area contributed by atoms with E-state index in [2.05, 4.69) is 15.6 Å². The van der Waals surface area contributed by atoms with Crippen molar-refractivity contribution < 1.29 is 9.32 Å². The molecule has 2 aromatic rings. The molecule has 0 fully saturated rings. The molecule has 1 aliphatic rings. The van der Waals surface area contributed by atoms with Gasteiger partial charge >= 0.3 is 0 Å². The summed E-state index contributed by atoms with van der Waals surface area (Å²) < 4.78 is 6.56. The predicted molar refractivity (Wildman–Crippen MR) is 67.5 cm³/mol. The maximum Gasteiger partial charge on any atom is 0.272 e. The number of carbonyl (C=O) groups is 1. The molecule has 0 radical (unpaired) electrons. The van der Waals surface area contributed by atoms with Crippen LogP contribution in [0.4, 0.5) is 0 Å². The Hall–Kier alpha value is -2.11. The zero-order valence-corrected chi connectivity index (χ0v) is 10.8. The van der Waals surface area contributed by atoms with Gasteiger partial charge in [0.15, 0.2) is 5.69 Å². The van der Waals surface area contributed by atoms with Gasteiger partial charge in [-0.15, -0.1) is 0 Å². The number of fused-ring (bicyclic) bond motifs is 1. The van der Waals surface area contributed by atoms with Crippen molar-refractivity contribution in [2.75, 3.05) is 0 Å². The lowest BCUT2D eigenvalue weighted by Gasteiger charge is -2.12. The summed E-state index contributed by atoms with van der Waals surface area (Å²) >= 11 is 0. The Bertz CT molecular complexity index is 586. The van der Waals surface area contributed by atoms with E-state index < -0.39 is 0 Å². The predicted octanol–water partition coefficient (Wildman–Crippen LogP) is 1.22. The van der Waals surface area contributed by atoms with Crippen molar-refractivity contribution in [2.45, 2.75) is 32.2 Å². The van der Waals surface area contributed by atoms with Crippen molar-refractivity contribution in [3.05, 3.63) is 35.0 Å². The van der Waals surface area contributed by atoms with Crippen molar-refractivity contribution in [1.29, 1.82) is 0 Å². The summed E-state index contributed by atoms with van der Waals surface area (Å²) in [6.45, 7) is 0.362. The molecule has 0 aromatic carbocycles. The van der Waals surface area contributed by atoms with E-state index in [4.69, 9.17) is 4.52 Å². The number of carbonyl (C=O) groups excluding carboxylic acids is 1. The van der Waals surface area contributed by atoms with Gasteiger partial charge < -0.3 is 9.84 Å². The highest BCUT2D eigenvalue weighted by Crippen LogP contribution is 2.23. The van der Waals surface area contributed by atoms with E-state index in [1.165, 1.54) is 18.4 Å². The lowest BCUT2D eigenvalue weighted by molar-refractivity contribution is 0.0943. The van der Waals surface area contributed by atoms with Crippen molar-refractivity contribution >= 4 is 5.91 Å². The molecule has 3 rings (SSSR count). The normalized spacial score (nSPS) is 14.2. The summed E-state index contributed by atoms with van der Waals surface area (Å²) in [5.41, 5.74) is 3.56. The Morgan fingerprint density at radius 2 is 2.32 bits per heavy atom. The van der Waals surface area contributed by atoms with Crippen molar-refractivity contribution in [2.24, 2.45) is 7.05 Å². The zero-order valence-electron chi connectivity index (χ0n) is 10.8. The van der Waals surface area contributed by atoms with Gasteiger partial charge in [-0.05, 0) is 25.7 Å². The van der Waals surface area contributed by atoms with Crippen molar-refractivity contribution in [1.82, 2.24) is 20.3 Å². The Morgan fingerprint density at radius 3 is 3.11 bits per heavy atom. The SMILES string of the molecule is Cn1nc(C(=O)NCc2ccon2)c2c1CCCC2. The summed E-state index contributed by atoms with van der Waals surface area (Å²) in [7, 11) is 1.90. The lowest BCUT2D eigenvalue weighted by atomic mass is 9.95. The molecule has 0 bridgehead atoms. The smallest absolute Gasteiger partial charge is 0.272 e. The molecular weight excluding hydrogens is 244 g/mol. The fourth-order valence-electron chi connectivity index (χ4n) is 2.54. The third-order valence-electron chi connectivity index (χ3n) is 3.50. The summed E-state index contributed by atoms with van der Waals surface area (Å²) in [4.78, 5) is 12.2. The van der Waals surface area contributed by atoms with Gasteiger partial charge in [-0.25, -0.2) is 0 Å². The van der Waals surface area contributed by atoms with E-state index in [9.17, 15) is 4.79 Å². The van der Waals surface area contributed by atoms with Crippen LogP contribution < -0.4 is 5.32 Å². The molecule has 2 aromatic heterocycles. The number of nitrogens with one attached hydrogen (secondary N) is 1. The van der Waals surface area contributed by atoms with Crippen LogP contribution in [-0.2, 0) is 26.4 Å². The standard InChI is InChI=1S/C13H16N4O2/c1-17-11-5-3-2-4-10(11)12(15-17)13(18)14-8-9-6-7-19-16-9/h6-7H,2-5,8H2,1H3,(H,14,18). The second kappa shape index (κ2) is 4.87. The van der Waals surface area contributed by atoms with Crippen LogP contribution in [0.15, 0.2) is 16.9 Å². The van der Waals surface area contributed by atoms with Crippen molar-refractivity contribution in [3.63, 3.8) is 0 Å². The topological polar surface area (TPSA) is 73.0 Å². The summed E-state index contributed by atoms with van der Waals surface area (Å²) in [5.74, 6) is -0.137. The van der Waals surface area contributed by atoms with E-state index in [0.29, 0.717) is 17.9 Å². The van der Waals surface area contributed by atoms with E-state index in [0.717, 1.165) is 24.8 Å². The second-order valence-corrected chi connectivity index (χ2v) is 4.78. The van der Waals surface area contributed by atoms with Crippen LogP contribution in [0.5, 0.6) is 0 Å². The molecule has 0 aliphatic heterocycles. The highest BCUT2D eigenvalue weighted by atomic mass is 16.5. The molecular formula is C13H16N4O2. The van der Waals surface area contributed by atoms with E-state index in [1.54, 1.807) is 6.07 Å². The second-order valence-electron chi connectivity index (χ2n) is 4.78. The van der Waals surface area contributed by atoms with Crippen LogP contribution in [0.25, 0.3) is 0 Å². The average Bonchev–Trinajstić information content (AvgIpc) is 3.05. The molecule has 1 amide bonds. The van der Waals surface area contributed by atoms with E-state index in [1.807, 2.05) is 11.7 Å². The summed E-state index contributed by atoms with van der Waals surface area (Å²) in [6.07, 6.45) is 5.74. The Balaban J connectivity index is 1.76. The van der Waals surface area contributed by atoms with Gasteiger partial charge in [0.05, 0.1) is 6.54 Å². The van der Waals surface area contributed by atoms with Crippen LogP contribution in [0, 0.1) is 0 Å². The third-order valence-corrected chi connectivity index (χ3v) is 3.50. The number of rotatable bonds is 3.